The molecule has 0 aliphatic carbocycles. The molecule has 1 aliphatic rings. The average Bonchev–Trinajstić information content (AvgIpc) is 3.12. The zero-order chi connectivity index (χ0) is 17.4. The van der Waals surface area contributed by atoms with E-state index in [1.165, 1.54) is 0 Å². The summed E-state index contributed by atoms with van der Waals surface area (Å²) in [6.07, 6.45) is 2.02. The Bertz CT molecular complexity index is 952. The van der Waals surface area contributed by atoms with Crippen LogP contribution in [-0.4, -0.2) is 27.3 Å². The van der Waals surface area contributed by atoms with Crippen molar-refractivity contribution in [2.24, 2.45) is 0 Å². The van der Waals surface area contributed by atoms with Crippen molar-refractivity contribution in [2.45, 2.75) is 6.04 Å². The Morgan fingerprint density at radius 2 is 1.92 bits per heavy atom. The van der Waals surface area contributed by atoms with Crippen LogP contribution in [0.2, 0.25) is 10.0 Å². The van der Waals surface area contributed by atoms with Crippen molar-refractivity contribution in [1.82, 2.24) is 20.2 Å². The van der Waals surface area contributed by atoms with Crippen LogP contribution >= 0.6 is 23.2 Å². The van der Waals surface area contributed by atoms with Crippen molar-refractivity contribution in [3.8, 4) is 5.75 Å². The highest BCUT2D eigenvalue weighted by Gasteiger charge is 2.26. The van der Waals surface area contributed by atoms with Crippen LogP contribution in [0.5, 0.6) is 5.75 Å². The fourth-order valence-corrected chi connectivity index (χ4v) is 3.18. The van der Waals surface area contributed by atoms with Gasteiger partial charge < -0.3 is 10.1 Å². The molecule has 8 heteroatoms. The molecule has 4 rings (SSSR count). The van der Waals surface area contributed by atoms with E-state index in [1.54, 1.807) is 17.9 Å². The first-order chi connectivity index (χ1) is 12.2. The fourth-order valence-electron chi connectivity index (χ4n) is 2.76. The maximum Gasteiger partial charge on any atom is 0.248 e. The number of rotatable bonds is 3. The van der Waals surface area contributed by atoms with Gasteiger partial charge in [-0.3, -0.25) is 0 Å². The molecule has 0 amide bonds. The Balaban J connectivity index is 1.81. The number of anilines is 1. The number of fused-ring (bicyclic) bond motifs is 1. The van der Waals surface area contributed by atoms with Crippen molar-refractivity contribution >= 4 is 34.8 Å². The standard InChI is InChI=1S/C17H13Cl2N5O/c1-25-11-7-5-10(6-8-11)14-9-15(24-17(20-14)21-22-23-24)12-3-2-4-13(18)16(12)19/h2-9,15H,1H3,(H,20,21,23)/t15-/m1/s1. The topological polar surface area (TPSA) is 64.9 Å². The summed E-state index contributed by atoms with van der Waals surface area (Å²) in [5.41, 5.74) is 2.69. The van der Waals surface area contributed by atoms with Gasteiger partial charge >= 0.3 is 0 Å². The van der Waals surface area contributed by atoms with Crippen LogP contribution in [-0.2, 0) is 0 Å². The van der Waals surface area contributed by atoms with Gasteiger partial charge in [0.15, 0.2) is 0 Å². The average molecular weight is 374 g/mol. The number of hydrogen-bond donors (Lipinski definition) is 1. The third-order valence-corrected chi connectivity index (χ3v) is 4.86. The highest BCUT2D eigenvalue weighted by Crippen LogP contribution is 2.37. The van der Waals surface area contributed by atoms with Gasteiger partial charge in [0, 0.05) is 11.3 Å². The van der Waals surface area contributed by atoms with E-state index in [4.69, 9.17) is 27.9 Å². The molecule has 0 saturated heterocycles. The van der Waals surface area contributed by atoms with Crippen LogP contribution in [0.1, 0.15) is 17.2 Å². The maximum absolute atomic E-state index is 6.41. The lowest BCUT2D eigenvalue weighted by atomic mass is 10.0. The summed E-state index contributed by atoms with van der Waals surface area (Å²) in [7, 11) is 1.64. The van der Waals surface area contributed by atoms with Gasteiger partial charge in [0.1, 0.15) is 11.8 Å². The van der Waals surface area contributed by atoms with Crippen LogP contribution in [0.3, 0.4) is 0 Å². The van der Waals surface area contributed by atoms with E-state index in [2.05, 4.69) is 20.8 Å². The molecule has 0 unspecified atom stereocenters. The monoisotopic (exact) mass is 373 g/mol. The number of halogens is 2. The molecule has 0 fully saturated rings. The van der Waals surface area contributed by atoms with Gasteiger partial charge in [-0.05, 0) is 52.4 Å². The van der Waals surface area contributed by atoms with Crippen LogP contribution in [0.4, 0.5) is 5.95 Å². The Morgan fingerprint density at radius 3 is 2.68 bits per heavy atom. The molecule has 0 saturated carbocycles. The molecular formula is C17H13Cl2N5O. The van der Waals surface area contributed by atoms with Crippen molar-refractivity contribution in [3.63, 3.8) is 0 Å². The van der Waals surface area contributed by atoms with E-state index in [9.17, 15) is 0 Å². The van der Waals surface area contributed by atoms with Crippen LogP contribution in [0.25, 0.3) is 5.70 Å². The molecule has 1 N–H and O–H groups in total. The minimum absolute atomic E-state index is 0.269. The molecule has 0 bridgehead atoms. The van der Waals surface area contributed by atoms with Crippen molar-refractivity contribution in [2.75, 3.05) is 12.4 Å². The minimum atomic E-state index is -0.269. The molecule has 1 atom stereocenters. The largest absolute Gasteiger partial charge is 0.497 e. The van der Waals surface area contributed by atoms with E-state index in [0.29, 0.717) is 16.0 Å². The van der Waals surface area contributed by atoms with Gasteiger partial charge in [-0.15, -0.1) is 0 Å². The second-order valence-electron chi connectivity index (χ2n) is 5.47. The molecule has 3 aromatic rings. The van der Waals surface area contributed by atoms with Gasteiger partial charge in [0.25, 0.3) is 0 Å². The zero-order valence-electron chi connectivity index (χ0n) is 13.1. The Morgan fingerprint density at radius 1 is 1.12 bits per heavy atom. The van der Waals surface area contributed by atoms with Crippen LogP contribution in [0, 0.1) is 0 Å². The predicted octanol–water partition coefficient (Wildman–Crippen LogP) is 4.04. The molecule has 25 heavy (non-hydrogen) atoms. The second-order valence-corrected chi connectivity index (χ2v) is 6.25. The number of nitrogens with one attached hydrogen (secondary N) is 1. The van der Waals surface area contributed by atoms with E-state index in [0.717, 1.165) is 22.6 Å². The predicted molar refractivity (Wildman–Crippen MR) is 97.0 cm³/mol. The first kappa shape index (κ1) is 15.9. The summed E-state index contributed by atoms with van der Waals surface area (Å²) in [6, 6.07) is 13.0. The smallest absolute Gasteiger partial charge is 0.248 e. The van der Waals surface area contributed by atoms with E-state index in [-0.39, 0.29) is 6.04 Å². The summed E-state index contributed by atoms with van der Waals surface area (Å²) in [4.78, 5) is 0. The lowest BCUT2D eigenvalue weighted by molar-refractivity contribution is 0.415. The molecule has 0 radical (unpaired) electrons. The van der Waals surface area contributed by atoms with E-state index in [1.807, 2.05) is 42.5 Å². The van der Waals surface area contributed by atoms with Crippen LogP contribution < -0.4 is 10.1 Å². The zero-order valence-corrected chi connectivity index (χ0v) is 14.7. The SMILES string of the molecule is COc1ccc(C2=C[C@H](c3cccc(Cl)c3Cl)n3nnnc3N2)cc1. The van der Waals surface area contributed by atoms with Crippen molar-refractivity contribution < 1.29 is 4.74 Å². The molecule has 1 aromatic heterocycles. The van der Waals surface area contributed by atoms with Crippen molar-refractivity contribution in [3.05, 3.63) is 69.7 Å². The second kappa shape index (κ2) is 6.38. The number of nitrogens with zero attached hydrogens (tertiary/aromatic N) is 4. The molecule has 2 heterocycles. The number of allylic oxidation sites excluding steroid dienone is 1. The van der Waals surface area contributed by atoms with Crippen LogP contribution in [0.15, 0.2) is 48.5 Å². The summed E-state index contributed by atoms with van der Waals surface area (Å²) >= 11 is 12.6. The first-order valence-corrected chi connectivity index (χ1v) is 8.28. The molecule has 126 valence electrons. The Labute approximate surface area is 154 Å². The summed E-state index contributed by atoms with van der Waals surface area (Å²) < 4.78 is 6.88. The fraction of sp³-hybridized carbons (Fsp3) is 0.118. The van der Waals surface area contributed by atoms with Gasteiger partial charge in [0.2, 0.25) is 5.95 Å². The van der Waals surface area contributed by atoms with E-state index < -0.39 is 0 Å². The maximum atomic E-state index is 6.41. The molecule has 0 spiro atoms. The molecular weight excluding hydrogens is 361 g/mol. The van der Waals surface area contributed by atoms with Gasteiger partial charge in [-0.1, -0.05) is 40.4 Å². The minimum Gasteiger partial charge on any atom is -0.497 e. The van der Waals surface area contributed by atoms with Crippen molar-refractivity contribution in [1.29, 1.82) is 0 Å². The molecule has 1 aliphatic heterocycles. The summed E-state index contributed by atoms with van der Waals surface area (Å²) in [5.74, 6) is 1.33. The highest BCUT2D eigenvalue weighted by molar-refractivity contribution is 6.42. The first-order valence-electron chi connectivity index (χ1n) is 7.52. The third kappa shape index (κ3) is 2.83. The third-order valence-electron chi connectivity index (χ3n) is 4.03. The highest BCUT2D eigenvalue weighted by atomic mass is 35.5. The quantitative estimate of drug-likeness (QED) is 0.750. The normalized spacial score (nSPS) is 16.0. The summed E-state index contributed by atoms with van der Waals surface area (Å²) in [6.45, 7) is 0. The lowest BCUT2D eigenvalue weighted by Gasteiger charge is -2.24. The summed E-state index contributed by atoms with van der Waals surface area (Å²) in [5, 5.41) is 16.1. The van der Waals surface area contributed by atoms with Gasteiger partial charge in [0.05, 0.1) is 17.2 Å². The number of benzene rings is 2. The Kier molecular flexibility index (Phi) is 4.07. The number of ether oxygens (including phenoxy) is 1. The number of aromatic nitrogens is 4. The lowest BCUT2D eigenvalue weighted by Crippen LogP contribution is -2.20. The number of methoxy groups -OCH3 is 1. The molecule has 2 aromatic carbocycles. The van der Waals surface area contributed by atoms with Gasteiger partial charge in [-0.2, -0.15) is 4.68 Å². The molecule has 6 nitrogen and oxygen atoms in total. The number of hydrogen-bond acceptors (Lipinski definition) is 5. The van der Waals surface area contributed by atoms with E-state index >= 15 is 0 Å². The van der Waals surface area contributed by atoms with Gasteiger partial charge in [-0.25, -0.2) is 0 Å². The Hall–Kier alpha value is -2.57. The number of tetrazole rings is 1.